The molecule has 1 heterocycles. The number of nitro benzene ring substituents is 1. The molecule has 1 aromatic heterocycles. The van der Waals surface area contributed by atoms with Crippen molar-refractivity contribution in [2.75, 3.05) is 11.9 Å². The van der Waals surface area contributed by atoms with Gasteiger partial charge in [-0.2, -0.15) is 5.10 Å². The molecule has 0 saturated heterocycles. The van der Waals surface area contributed by atoms with E-state index in [-0.39, 0.29) is 11.4 Å². The molecule has 20 heavy (non-hydrogen) atoms. The first-order valence-electron chi connectivity index (χ1n) is 6.27. The Hall–Kier alpha value is -2.57. The standard InChI is InChI=1S/C13H16N4O3/c1-3-7-20-12-6-4-5-11(13(12)17(18)19)15-10-8-14-16(2)9-10/h4-6,8-9,15H,3,7H2,1-2H3. The summed E-state index contributed by atoms with van der Waals surface area (Å²) in [6.07, 6.45) is 4.13. The van der Waals surface area contributed by atoms with E-state index in [0.29, 0.717) is 18.0 Å². The van der Waals surface area contributed by atoms with Crippen LogP contribution in [0.5, 0.6) is 5.75 Å². The summed E-state index contributed by atoms with van der Waals surface area (Å²) in [7, 11) is 1.78. The summed E-state index contributed by atoms with van der Waals surface area (Å²) in [5.74, 6) is 0.269. The summed E-state index contributed by atoms with van der Waals surface area (Å²) in [4.78, 5) is 10.8. The van der Waals surface area contributed by atoms with E-state index in [9.17, 15) is 10.1 Å². The van der Waals surface area contributed by atoms with E-state index in [1.807, 2.05) is 6.92 Å². The number of aryl methyl sites for hydroxylation is 1. The summed E-state index contributed by atoms with van der Waals surface area (Å²) in [6.45, 7) is 2.39. The van der Waals surface area contributed by atoms with Gasteiger partial charge in [-0.25, -0.2) is 0 Å². The Kier molecular flexibility index (Phi) is 4.19. The number of nitro groups is 1. The van der Waals surface area contributed by atoms with Gasteiger partial charge >= 0.3 is 5.69 Å². The van der Waals surface area contributed by atoms with Crippen molar-refractivity contribution in [3.05, 3.63) is 40.7 Å². The van der Waals surface area contributed by atoms with Crippen LogP contribution in [-0.2, 0) is 7.05 Å². The Labute approximate surface area is 116 Å². The molecule has 1 N–H and O–H groups in total. The number of rotatable bonds is 6. The van der Waals surface area contributed by atoms with Gasteiger partial charge in [-0.15, -0.1) is 0 Å². The number of benzene rings is 1. The van der Waals surface area contributed by atoms with Gasteiger partial charge in [0.15, 0.2) is 5.75 Å². The third kappa shape index (κ3) is 3.05. The minimum Gasteiger partial charge on any atom is -0.487 e. The first kappa shape index (κ1) is 13.9. The van der Waals surface area contributed by atoms with Crippen LogP contribution < -0.4 is 10.1 Å². The molecule has 7 nitrogen and oxygen atoms in total. The molecule has 1 aromatic carbocycles. The summed E-state index contributed by atoms with van der Waals surface area (Å²) in [6, 6.07) is 4.96. The van der Waals surface area contributed by atoms with Crippen molar-refractivity contribution in [2.45, 2.75) is 13.3 Å². The highest BCUT2D eigenvalue weighted by molar-refractivity contribution is 5.73. The lowest BCUT2D eigenvalue weighted by atomic mass is 10.2. The summed E-state index contributed by atoms with van der Waals surface area (Å²) in [5, 5.41) is 18.3. The van der Waals surface area contributed by atoms with E-state index >= 15 is 0 Å². The number of aromatic nitrogens is 2. The number of ether oxygens (including phenoxy) is 1. The van der Waals surface area contributed by atoms with Gasteiger partial charge < -0.3 is 10.1 Å². The second-order valence-electron chi connectivity index (χ2n) is 4.29. The quantitative estimate of drug-likeness (QED) is 0.648. The maximum Gasteiger partial charge on any atom is 0.334 e. The predicted octanol–water partition coefficient (Wildman–Crippen LogP) is 2.86. The van der Waals surface area contributed by atoms with E-state index in [0.717, 1.165) is 6.42 Å². The largest absolute Gasteiger partial charge is 0.487 e. The fraction of sp³-hybridized carbons (Fsp3) is 0.308. The molecular weight excluding hydrogens is 260 g/mol. The highest BCUT2D eigenvalue weighted by Crippen LogP contribution is 2.36. The number of anilines is 2. The van der Waals surface area contributed by atoms with Crippen LogP contribution in [0.4, 0.5) is 17.1 Å². The van der Waals surface area contributed by atoms with Crippen LogP contribution >= 0.6 is 0 Å². The van der Waals surface area contributed by atoms with Crippen LogP contribution in [0.1, 0.15) is 13.3 Å². The topological polar surface area (TPSA) is 82.2 Å². The minimum absolute atomic E-state index is 0.0650. The van der Waals surface area contributed by atoms with Gasteiger partial charge in [0.25, 0.3) is 0 Å². The Morgan fingerprint density at radius 3 is 2.90 bits per heavy atom. The van der Waals surface area contributed by atoms with Crippen LogP contribution in [0.15, 0.2) is 30.6 Å². The second-order valence-corrected chi connectivity index (χ2v) is 4.29. The van der Waals surface area contributed by atoms with Crippen LogP contribution in [-0.4, -0.2) is 21.3 Å². The van der Waals surface area contributed by atoms with E-state index in [1.165, 1.54) is 0 Å². The zero-order chi connectivity index (χ0) is 14.5. The fourth-order valence-corrected chi connectivity index (χ4v) is 1.78. The highest BCUT2D eigenvalue weighted by atomic mass is 16.6. The summed E-state index contributed by atoms with van der Waals surface area (Å²) < 4.78 is 7.05. The van der Waals surface area contributed by atoms with Gasteiger partial charge in [-0.1, -0.05) is 13.0 Å². The third-order valence-electron chi connectivity index (χ3n) is 2.63. The molecule has 0 aliphatic rings. The van der Waals surface area contributed by atoms with Crippen LogP contribution in [0.2, 0.25) is 0 Å². The number of nitrogens with zero attached hydrogens (tertiary/aromatic N) is 3. The van der Waals surface area contributed by atoms with E-state index in [4.69, 9.17) is 4.74 Å². The van der Waals surface area contributed by atoms with Crippen molar-refractivity contribution in [1.82, 2.24) is 9.78 Å². The van der Waals surface area contributed by atoms with Crippen LogP contribution in [0, 0.1) is 10.1 Å². The Bertz CT molecular complexity index is 609. The van der Waals surface area contributed by atoms with E-state index in [1.54, 1.807) is 42.3 Å². The number of hydrogen-bond donors (Lipinski definition) is 1. The number of hydrogen-bond acceptors (Lipinski definition) is 5. The first-order chi connectivity index (χ1) is 9.61. The van der Waals surface area contributed by atoms with Crippen molar-refractivity contribution < 1.29 is 9.66 Å². The molecule has 0 saturated carbocycles. The SMILES string of the molecule is CCCOc1cccc(Nc2cnn(C)c2)c1[N+](=O)[O-]. The zero-order valence-corrected chi connectivity index (χ0v) is 11.4. The average molecular weight is 276 g/mol. The van der Waals surface area contributed by atoms with Gasteiger partial charge in [0.1, 0.15) is 5.69 Å². The van der Waals surface area contributed by atoms with Crippen LogP contribution in [0.25, 0.3) is 0 Å². The number of para-hydroxylation sites is 1. The van der Waals surface area contributed by atoms with Gasteiger partial charge in [-0.05, 0) is 18.6 Å². The van der Waals surface area contributed by atoms with Crippen molar-refractivity contribution in [3.63, 3.8) is 0 Å². The average Bonchev–Trinajstić information content (AvgIpc) is 2.81. The fourth-order valence-electron chi connectivity index (χ4n) is 1.78. The van der Waals surface area contributed by atoms with Crippen molar-refractivity contribution in [1.29, 1.82) is 0 Å². The summed E-state index contributed by atoms with van der Waals surface area (Å²) >= 11 is 0. The molecule has 0 bridgehead atoms. The lowest BCUT2D eigenvalue weighted by molar-refractivity contribution is -0.384. The van der Waals surface area contributed by atoms with Gasteiger partial charge in [0.2, 0.25) is 0 Å². The maximum atomic E-state index is 11.3. The Morgan fingerprint density at radius 1 is 1.50 bits per heavy atom. The van der Waals surface area contributed by atoms with E-state index < -0.39 is 4.92 Å². The van der Waals surface area contributed by atoms with Gasteiger partial charge in [-0.3, -0.25) is 14.8 Å². The summed E-state index contributed by atoms with van der Waals surface area (Å²) in [5.41, 5.74) is 1.00. The monoisotopic (exact) mass is 276 g/mol. The molecule has 2 aromatic rings. The molecule has 0 aliphatic heterocycles. The Balaban J connectivity index is 2.33. The van der Waals surface area contributed by atoms with Crippen molar-refractivity contribution >= 4 is 17.1 Å². The molecule has 0 amide bonds. The Morgan fingerprint density at radius 2 is 2.30 bits per heavy atom. The second kappa shape index (κ2) is 6.05. The lowest BCUT2D eigenvalue weighted by Crippen LogP contribution is -2.02. The van der Waals surface area contributed by atoms with Gasteiger partial charge in [0, 0.05) is 13.2 Å². The minimum atomic E-state index is -0.441. The highest BCUT2D eigenvalue weighted by Gasteiger charge is 2.21. The lowest BCUT2D eigenvalue weighted by Gasteiger charge is -2.09. The van der Waals surface area contributed by atoms with Gasteiger partial charge in [0.05, 0.1) is 23.4 Å². The smallest absolute Gasteiger partial charge is 0.334 e. The zero-order valence-electron chi connectivity index (χ0n) is 11.4. The molecule has 2 rings (SSSR count). The molecule has 0 radical (unpaired) electrons. The van der Waals surface area contributed by atoms with Crippen LogP contribution in [0.3, 0.4) is 0 Å². The third-order valence-corrected chi connectivity index (χ3v) is 2.63. The number of nitrogens with one attached hydrogen (secondary N) is 1. The molecule has 0 fully saturated rings. The molecular formula is C13H16N4O3. The van der Waals surface area contributed by atoms with E-state index in [2.05, 4.69) is 10.4 Å². The molecule has 0 aliphatic carbocycles. The van der Waals surface area contributed by atoms with Crippen molar-refractivity contribution in [3.8, 4) is 5.75 Å². The molecule has 7 heteroatoms. The molecule has 0 atom stereocenters. The first-order valence-corrected chi connectivity index (χ1v) is 6.27. The maximum absolute atomic E-state index is 11.3. The molecule has 0 unspecified atom stereocenters. The predicted molar refractivity (Wildman–Crippen MR) is 75.4 cm³/mol. The molecule has 0 spiro atoms. The van der Waals surface area contributed by atoms with Crippen molar-refractivity contribution in [2.24, 2.45) is 7.05 Å². The molecule has 106 valence electrons. The normalized spacial score (nSPS) is 10.3.